The molecule has 0 spiro atoms. The monoisotopic (exact) mass is 386 g/mol. The molecule has 2 unspecified atom stereocenters. The molecule has 2 atom stereocenters. The third-order valence-electron chi connectivity index (χ3n) is 4.97. The Labute approximate surface area is 156 Å². The Morgan fingerprint density at radius 3 is 1.48 bits per heavy atom. The number of rotatable bonds is 4. The summed E-state index contributed by atoms with van der Waals surface area (Å²) in [5, 5.41) is 0. The van der Waals surface area contributed by atoms with Gasteiger partial charge in [0, 0.05) is 33.2 Å². The van der Waals surface area contributed by atoms with Crippen molar-refractivity contribution in [2.75, 3.05) is 0 Å². The third-order valence-corrected chi connectivity index (χ3v) is 10.8. The Hall–Kier alpha value is -0.347. The molecule has 0 fully saturated rings. The van der Waals surface area contributed by atoms with Crippen LogP contribution >= 0.6 is 0 Å². The maximum Gasteiger partial charge on any atom is 0.0399 e. The van der Waals surface area contributed by atoms with Crippen LogP contribution in [-0.4, -0.2) is 16.1 Å². The van der Waals surface area contributed by atoms with E-state index in [1.165, 1.54) is 11.1 Å². The predicted molar refractivity (Wildman–Crippen MR) is 108 cm³/mol. The van der Waals surface area contributed by atoms with Crippen LogP contribution in [0.1, 0.15) is 36.1 Å². The summed E-state index contributed by atoms with van der Waals surface area (Å²) >= 11 is 0. The molecule has 0 saturated heterocycles. The van der Waals surface area contributed by atoms with Gasteiger partial charge in [0.25, 0.3) is 0 Å². The average Bonchev–Trinajstić information content (AvgIpc) is 3.08. The topological polar surface area (TPSA) is 0 Å². The summed E-state index contributed by atoms with van der Waals surface area (Å²) in [6.45, 7) is 19.2. The molecule has 0 aromatic heterocycles. The molecule has 0 amide bonds. The minimum absolute atomic E-state index is 0. The molecule has 0 nitrogen and oxygen atoms in total. The van der Waals surface area contributed by atoms with Crippen molar-refractivity contribution in [3.8, 4) is 0 Å². The van der Waals surface area contributed by atoms with Crippen molar-refractivity contribution in [3.05, 3.63) is 59.7 Å². The Kier molecular flexibility index (Phi) is 9.08. The summed E-state index contributed by atoms with van der Waals surface area (Å²) in [6.07, 6.45) is 0. The average molecular weight is 387 g/mol. The smallest absolute Gasteiger partial charge is 0.0399 e. The second-order valence-electron chi connectivity index (χ2n) is 8.61. The fraction of sp³-hybridized carbons (Fsp3) is 0.500. The fourth-order valence-corrected chi connectivity index (χ4v) is 4.74. The van der Waals surface area contributed by atoms with Gasteiger partial charge in [-0.15, -0.1) is 0 Å². The molecule has 0 aliphatic carbocycles. The van der Waals surface area contributed by atoms with Crippen LogP contribution in [0.3, 0.4) is 0 Å². The fourth-order valence-electron chi connectivity index (χ4n) is 2.36. The van der Waals surface area contributed by atoms with Crippen molar-refractivity contribution in [1.82, 2.24) is 0 Å². The molecule has 2 rings (SSSR count). The molecule has 23 heavy (non-hydrogen) atoms. The zero-order chi connectivity index (χ0) is 17.0. The van der Waals surface area contributed by atoms with Crippen molar-refractivity contribution in [2.45, 2.75) is 64.2 Å². The summed E-state index contributed by atoms with van der Waals surface area (Å²) in [6, 6.07) is 17.5. The van der Waals surface area contributed by atoms with Crippen molar-refractivity contribution >= 4 is 16.1 Å². The molecule has 0 bridgehead atoms. The molecule has 3 heteroatoms. The van der Waals surface area contributed by atoms with Crippen LogP contribution in [0.2, 0.25) is 39.3 Å². The molecule has 0 N–H and O–H groups in total. The van der Waals surface area contributed by atoms with Gasteiger partial charge in [-0.05, 0) is 0 Å². The van der Waals surface area contributed by atoms with Crippen molar-refractivity contribution in [3.63, 3.8) is 0 Å². The van der Waals surface area contributed by atoms with Crippen molar-refractivity contribution in [1.29, 1.82) is 0 Å². The van der Waals surface area contributed by atoms with E-state index in [-0.39, 0.29) is 17.1 Å². The molecular formula is C20H34FeSi2-6. The molecule has 2 aromatic rings. The van der Waals surface area contributed by atoms with Gasteiger partial charge < -0.3 is 29.8 Å². The Balaban J connectivity index is 0.000000403. The van der Waals surface area contributed by atoms with E-state index in [4.69, 9.17) is 0 Å². The maximum atomic E-state index is 2.42. The van der Waals surface area contributed by atoms with Gasteiger partial charge in [-0.1, -0.05) is 58.7 Å². The quantitative estimate of drug-likeness (QED) is 0.402. The van der Waals surface area contributed by atoms with Gasteiger partial charge in [-0.3, -0.25) is 0 Å². The number of hydrogen-bond acceptors (Lipinski definition) is 0. The van der Waals surface area contributed by atoms with E-state index in [0.29, 0.717) is 0 Å². The number of hydrogen-bond donors (Lipinski definition) is 0. The Bertz CT molecular complexity index is 463. The largest absolute Gasteiger partial charge is 0.748 e. The van der Waals surface area contributed by atoms with E-state index in [2.05, 4.69) is 102 Å². The standard InChI is InChI=1S/2C10H17Si.Fe/c2*1-9(11(2,3)4)10-7-5-6-8-10;/h2*5-9H,1-4H3;/q-5;-1;. The van der Waals surface area contributed by atoms with Crippen LogP contribution in [-0.2, 0) is 17.1 Å². The summed E-state index contributed by atoms with van der Waals surface area (Å²) in [5.74, 6) is 0. The summed E-state index contributed by atoms with van der Waals surface area (Å²) in [5.41, 5.74) is 4.61. The minimum Gasteiger partial charge on any atom is -0.748 e. The first-order chi connectivity index (χ1) is 10.0. The van der Waals surface area contributed by atoms with Gasteiger partial charge in [-0.2, -0.15) is 17.7 Å². The SMILES string of the molecule is CC([c-]1[cH-][cH-][cH-][cH-]1)[Si](C)(C)C.CC([c-]1cccc1)[Si](C)(C)C.[Fe]. The van der Waals surface area contributed by atoms with Gasteiger partial charge in [-0.25, -0.2) is 17.7 Å². The van der Waals surface area contributed by atoms with E-state index in [9.17, 15) is 0 Å². The van der Waals surface area contributed by atoms with E-state index in [0.717, 1.165) is 11.1 Å². The van der Waals surface area contributed by atoms with E-state index in [1.807, 2.05) is 0 Å². The van der Waals surface area contributed by atoms with Crippen LogP contribution in [0.25, 0.3) is 0 Å². The Morgan fingerprint density at radius 2 is 1.13 bits per heavy atom. The summed E-state index contributed by atoms with van der Waals surface area (Å²) < 4.78 is 0. The molecular weight excluding hydrogens is 352 g/mol. The summed E-state index contributed by atoms with van der Waals surface area (Å²) in [7, 11) is -1.93. The van der Waals surface area contributed by atoms with Gasteiger partial charge in [0.05, 0.1) is 0 Å². The van der Waals surface area contributed by atoms with E-state index in [1.54, 1.807) is 0 Å². The molecule has 136 valence electrons. The van der Waals surface area contributed by atoms with Crippen LogP contribution in [0.4, 0.5) is 0 Å². The van der Waals surface area contributed by atoms with Gasteiger partial charge in [0.1, 0.15) is 0 Å². The maximum absolute atomic E-state index is 2.42. The van der Waals surface area contributed by atoms with Gasteiger partial charge >= 0.3 is 0 Å². The first kappa shape index (κ1) is 22.7. The van der Waals surface area contributed by atoms with Crippen LogP contribution in [0, 0.1) is 0 Å². The van der Waals surface area contributed by atoms with E-state index < -0.39 is 16.1 Å². The van der Waals surface area contributed by atoms with E-state index >= 15 is 0 Å². The van der Waals surface area contributed by atoms with Crippen LogP contribution < -0.4 is 0 Å². The van der Waals surface area contributed by atoms with Crippen LogP contribution in [0.5, 0.6) is 0 Å². The van der Waals surface area contributed by atoms with Gasteiger partial charge in [0.2, 0.25) is 0 Å². The molecule has 2 aromatic carbocycles. The first-order valence-electron chi connectivity index (χ1n) is 8.46. The normalized spacial score (nSPS) is 14.3. The van der Waals surface area contributed by atoms with Crippen molar-refractivity contribution in [2.24, 2.45) is 0 Å². The van der Waals surface area contributed by atoms with Crippen molar-refractivity contribution < 1.29 is 17.1 Å². The summed E-state index contributed by atoms with van der Waals surface area (Å²) in [4.78, 5) is 0. The van der Waals surface area contributed by atoms with Crippen LogP contribution in [0.15, 0.2) is 48.5 Å². The zero-order valence-electron chi connectivity index (χ0n) is 16.1. The molecule has 0 saturated carbocycles. The Morgan fingerprint density at radius 1 is 0.739 bits per heavy atom. The molecule has 0 radical (unpaired) electrons. The molecule has 0 aliphatic rings. The third kappa shape index (κ3) is 7.38. The first-order valence-corrected chi connectivity index (χ1v) is 15.6. The molecule has 0 aliphatic heterocycles. The second-order valence-corrected chi connectivity index (χ2v) is 19.8. The van der Waals surface area contributed by atoms with Gasteiger partial charge in [0.15, 0.2) is 0 Å². The zero-order valence-corrected chi connectivity index (χ0v) is 19.2. The minimum atomic E-state index is -0.965. The second kappa shape index (κ2) is 9.22. The molecule has 0 heterocycles. The predicted octanol–water partition coefficient (Wildman–Crippen LogP) is 6.77.